The number of hydrogen-bond acceptors (Lipinski definition) is 5. The van der Waals surface area contributed by atoms with E-state index in [0.29, 0.717) is 51.0 Å². The highest BCUT2D eigenvalue weighted by atomic mass is 16.5. The molecule has 0 bridgehead atoms. The topological polar surface area (TPSA) is 84.7 Å². The van der Waals surface area contributed by atoms with Gasteiger partial charge >= 0.3 is 5.97 Å². The van der Waals surface area contributed by atoms with Gasteiger partial charge in [0.25, 0.3) is 0 Å². The van der Waals surface area contributed by atoms with Gasteiger partial charge in [-0.25, -0.2) is 0 Å². The van der Waals surface area contributed by atoms with Crippen molar-refractivity contribution < 1.29 is 14.3 Å². The van der Waals surface area contributed by atoms with Crippen molar-refractivity contribution in [1.82, 2.24) is 10.2 Å². The number of hydrogen-bond donors (Lipinski definition) is 2. The molecule has 3 N–H and O–H groups in total. The van der Waals surface area contributed by atoms with Gasteiger partial charge in [0.2, 0.25) is 5.91 Å². The maximum Gasteiger partial charge on any atom is 0.305 e. The van der Waals surface area contributed by atoms with Crippen LogP contribution in [0.3, 0.4) is 0 Å². The van der Waals surface area contributed by atoms with Crippen molar-refractivity contribution in [3.05, 3.63) is 0 Å². The van der Waals surface area contributed by atoms with Crippen LogP contribution in [-0.2, 0) is 14.3 Å². The van der Waals surface area contributed by atoms with Gasteiger partial charge in [-0.15, -0.1) is 0 Å². The molecule has 6 heteroatoms. The molecule has 6 nitrogen and oxygen atoms in total. The second-order valence-electron chi connectivity index (χ2n) is 5.31. The summed E-state index contributed by atoms with van der Waals surface area (Å²) < 4.78 is 4.82. The summed E-state index contributed by atoms with van der Waals surface area (Å²) in [5, 5.41) is 2.82. The highest BCUT2D eigenvalue weighted by molar-refractivity contribution is 5.78. The van der Waals surface area contributed by atoms with Gasteiger partial charge in [-0.2, -0.15) is 0 Å². The van der Waals surface area contributed by atoms with Crippen LogP contribution in [0.4, 0.5) is 0 Å². The van der Waals surface area contributed by atoms with Crippen LogP contribution in [0.1, 0.15) is 32.6 Å². The Morgan fingerprint density at radius 3 is 2.70 bits per heavy atom. The number of carbonyl (C=O) groups is 2. The zero-order chi connectivity index (χ0) is 15.0. The number of rotatable bonds is 10. The van der Waals surface area contributed by atoms with Gasteiger partial charge in [-0.05, 0) is 39.2 Å². The van der Waals surface area contributed by atoms with E-state index in [4.69, 9.17) is 10.5 Å². The summed E-state index contributed by atoms with van der Waals surface area (Å²) in [6.45, 7) is 3.64. The first-order valence-corrected chi connectivity index (χ1v) is 7.41. The zero-order valence-corrected chi connectivity index (χ0v) is 12.6. The molecule has 1 amide bonds. The van der Waals surface area contributed by atoms with Crippen molar-refractivity contribution in [3.63, 3.8) is 0 Å². The SMILES string of the molecule is CCOC(=O)CCCNC(=O)CN(C)C(CN)C1CC1. The van der Waals surface area contributed by atoms with E-state index in [0.717, 1.165) is 0 Å². The van der Waals surface area contributed by atoms with Crippen molar-refractivity contribution >= 4 is 11.9 Å². The maximum absolute atomic E-state index is 11.8. The number of likely N-dealkylation sites (N-methyl/N-ethyl adjacent to an activating group) is 1. The van der Waals surface area contributed by atoms with Crippen molar-refractivity contribution in [2.75, 3.05) is 33.3 Å². The van der Waals surface area contributed by atoms with Gasteiger partial charge in [-0.1, -0.05) is 0 Å². The molecule has 1 fully saturated rings. The normalized spacial score (nSPS) is 16.0. The molecule has 0 aliphatic heterocycles. The molecule has 20 heavy (non-hydrogen) atoms. The van der Waals surface area contributed by atoms with E-state index in [2.05, 4.69) is 5.32 Å². The van der Waals surface area contributed by atoms with Crippen LogP contribution in [0.2, 0.25) is 0 Å². The lowest BCUT2D eigenvalue weighted by Gasteiger charge is -2.26. The van der Waals surface area contributed by atoms with Crippen LogP contribution >= 0.6 is 0 Å². The molecular weight excluding hydrogens is 258 g/mol. The van der Waals surface area contributed by atoms with Gasteiger partial charge in [0.05, 0.1) is 13.2 Å². The Kier molecular flexibility index (Phi) is 7.54. The lowest BCUT2D eigenvalue weighted by molar-refractivity contribution is -0.143. The second-order valence-corrected chi connectivity index (χ2v) is 5.31. The van der Waals surface area contributed by atoms with Crippen LogP contribution in [0.5, 0.6) is 0 Å². The minimum Gasteiger partial charge on any atom is -0.466 e. The molecule has 0 radical (unpaired) electrons. The van der Waals surface area contributed by atoms with Crippen molar-refractivity contribution in [3.8, 4) is 0 Å². The standard InChI is InChI=1S/C14H27N3O3/c1-3-20-14(19)5-4-8-16-13(18)10-17(2)12(9-15)11-6-7-11/h11-12H,3-10,15H2,1-2H3,(H,16,18). The third-order valence-electron chi connectivity index (χ3n) is 3.55. The molecule has 1 atom stereocenters. The minimum atomic E-state index is -0.212. The molecule has 1 unspecified atom stereocenters. The van der Waals surface area contributed by atoms with Crippen LogP contribution in [0.15, 0.2) is 0 Å². The van der Waals surface area contributed by atoms with Crippen molar-refractivity contribution in [2.45, 2.75) is 38.6 Å². The highest BCUT2D eigenvalue weighted by Crippen LogP contribution is 2.34. The molecule has 116 valence electrons. The molecule has 1 aliphatic rings. The lowest BCUT2D eigenvalue weighted by atomic mass is 10.1. The van der Waals surface area contributed by atoms with Crippen molar-refractivity contribution in [1.29, 1.82) is 0 Å². The molecule has 0 saturated heterocycles. The summed E-state index contributed by atoms with van der Waals surface area (Å²) in [5.41, 5.74) is 5.75. The Balaban J connectivity index is 2.11. The van der Waals surface area contributed by atoms with Crippen molar-refractivity contribution in [2.24, 2.45) is 11.7 Å². The van der Waals surface area contributed by atoms with E-state index in [-0.39, 0.29) is 11.9 Å². The van der Waals surface area contributed by atoms with E-state index >= 15 is 0 Å². The van der Waals surface area contributed by atoms with Crippen LogP contribution in [0, 0.1) is 5.92 Å². The highest BCUT2D eigenvalue weighted by Gasteiger charge is 2.33. The first kappa shape index (κ1) is 16.9. The predicted octanol–water partition coefficient (Wildman–Crippen LogP) is 0.115. The molecule has 0 aromatic rings. The first-order chi connectivity index (χ1) is 9.58. The average molecular weight is 285 g/mol. The Hall–Kier alpha value is -1.14. The number of ether oxygens (including phenoxy) is 1. The Labute approximate surface area is 121 Å². The molecule has 1 aliphatic carbocycles. The van der Waals surface area contributed by atoms with Crippen LogP contribution < -0.4 is 11.1 Å². The fourth-order valence-electron chi connectivity index (χ4n) is 2.31. The Bertz CT molecular complexity index is 319. The number of esters is 1. The van der Waals surface area contributed by atoms with E-state index in [9.17, 15) is 9.59 Å². The number of amides is 1. The fourth-order valence-corrected chi connectivity index (χ4v) is 2.31. The molecule has 1 saturated carbocycles. The van der Waals surface area contributed by atoms with Gasteiger partial charge in [0.1, 0.15) is 0 Å². The van der Waals surface area contributed by atoms with E-state index in [1.807, 2.05) is 11.9 Å². The van der Waals surface area contributed by atoms with Gasteiger partial charge in [-0.3, -0.25) is 14.5 Å². The number of nitrogens with zero attached hydrogens (tertiary/aromatic N) is 1. The van der Waals surface area contributed by atoms with Gasteiger partial charge in [0.15, 0.2) is 0 Å². The predicted molar refractivity (Wildman–Crippen MR) is 77.1 cm³/mol. The first-order valence-electron chi connectivity index (χ1n) is 7.41. The Morgan fingerprint density at radius 2 is 2.15 bits per heavy atom. The van der Waals surface area contributed by atoms with Crippen LogP contribution in [0.25, 0.3) is 0 Å². The fraction of sp³-hybridized carbons (Fsp3) is 0.857. The third-order valence-corrected chi connectivity index (χ3v) is 3.55. The smallest absolute Gasteiger partial charge is 0.305 e. The monoisotopic (exact) mass is 285 g/mol. The zero-order valence-electron chi connectivity index (χ0n) is 12.6. The van der Waals surface area contributed by atoms with Gasteiger partial charge < -0.3 is 15.8 Å². The van der Waals surface area contributed by atoms with Crippen LogP contribution in [-0.4, -0.2) is 56.1 Å². The number of nitrogens with one attached hydrogen (secondary N) is 1. The average Bonchev–Trinajstić information content (AvgIpc) is 3.20. The summed E-state index contributed by atoms with van der Waals surface area (Å²) in [5.74, 6) is 0.424. The van der Waals surface area contributed by atoms with Gasteiger partial charge in [0, 0.05) is 25.6 Å². The third kappa shape index (κ3) is 6.34. The second kappa shape index (κ2) is 8.92. The molecular formula is C14H27N3O3. The summed E-state index contributed by atoms with van der Waals surface area (Å²) in [6.07, 6.45) is 3.38. The van der Waals surface area contributed by atoms with E-state index < -0.39 is 0 Å². The summed E-state index contributed by atoms with van der Waals surface area (Å²) in [4.78, 5) is 24.9. The molecule has 0 spiro atoms. The number of nitrogens with two attached hydrogens (primary N) is 1. The molecule has 0 heterocycles. The summed E-state index contributed by atoms with van der Waals surface area (Å²) in [6, 6.07) is 0.306. The lowest BCUT2D eigenvalue weighted by Crippen LogP contribution is -2.45. The Morgan fingerprint density at radius 1 is 1.45 bits per heavy atom. The van der Waals surface area contributed by atoms with E-state index in [1.54, 1.807) is 6.92 Å². The molecule has 0 aromatic carbocycles. The minimum absolute atomic E-state index is 0.0181. The summed E-state index contributed by atoms with van der Waals surface area (Å²) in [7, 11) is 1.94. The summed E-state index contributed by atoms with van der Waals surface area (Å²) >= 11 is 0. The molecule has 0 aromatic heterocycles. The van der Waals surface area contributed by atoms with E-state index in [1.165, 1.54) is 12.8 Å². The number of carbonyl (C=O) groups excluding carboxylic acids is 2. The quantitative estimate of drug-likeness (QED) is 0.440. The largest absolute Gasteiger partial charge is 0.466 e. The maximum atomic E-state index is 11.8. The molecule has 1 rings (SSSR count).